The van der Waals surface area contributed by atoms with Crippen molar-refractivity contribution in [2.24, 2.45) is 5.16 Å². The fourth-order valence-corrected chi connectivity index (χ4v) is 2.70. The molecule has 0 aliphatic rings. The zero-order valence-corrected chi connectivity index (χ0v) is 15.9. The number of carbonyl (C=O) groups is 1. The first-order chi connectivity index (χ1) is 12.8. The van der Waals surface area contributed by atoms with E-state index in [4.69, 9.17) is 9.25 Å². The van der Waals surface area contributed by atoms with E-state index >= 15 is 0 Å². The lowest BCUT2D eigenvalue weighted by molar-refractivity contribution is 0.0514. The molecule has 0 atom stereocenters. The van der Waals surface area contributed by atoms with E-state index in [1.165, 1.54) is 4.57 Å². The van der Waals surface area contributed by atoms with Gasteiger partial charge in [-0.05, 0) is 42.2 Å². The molecule has 0 spiro atoms. The Bertz CT molecular complexity index is 1050. The zero-order chi connectivity index (χ0) is 19.6. The molecular formula is C21H22N2O4. The second-order valence-electron chi connectivity index (χ2n) is 7.45. The molecule has 0 aliphatic carbocycles. The van der Waals surface area contributed by atoms with E-state index in [0.29, 0.717) is 22.4 Å². The van der Waals surface area contributed by atoms with Crippen molar-refractivity contribution >= 4 is 22.8 Å². The summed E-state index contributed by atoms with van der Waals surface area (Å²) in [5.74, 6) is -1.02. The molecule has 1 aromatic heterocycles. The van der Waals surface area contributed by atoms with E-state index in [-0.39, 0.29) is 12.0 Å². The maximum atomic E-state index is 12.2. The van der Waals surface area contributed by atoms with Gasteiger partial charge in [0, 0.05) is 0 Å². The van der Waals surface area contributed by atoms with E-state index in [1.54, 1.807) is 37.3 Å². The molecule has 0 fully saturated rings. The normalized spacial score (nSPS) is 12.4. The smallest absolute Gasteiger partial charge is 0.408 e. The number of aromatic nitrogens is 1. The van der Waals surface area contributed by atoms with Gasteiger partial charge in [0.15, 0.2) is 5.58 Å². The van der Waals surface area contributed by atoms with Gasteiger partial charge in [-0.1, -0.05) is 50.2 Å². The van der Waals surface area contributed by atoms with Gasteiger partial charge in [0.1, 0.15) is 0 Å². The number of hydrogen-bond donors (Lipinski definition) is 0. The van der Waals surface area contributed by atoms with E-state index in [9.17, 15) is 9.59 Å². The number of para-hydroxylation sites is 2. The van der Waals surface area contributed by atoms with Crippen molar-refractivity contribution in [2.45, 2.75) is 39.7 Å². The number of hydrogen-bond acceptors (Lipinski definition) is 5. The highest BCUT2D eigenvalue weighted by atomic mass is 16.7. The predicted octanol–water partition coefficient (Wildman–Crippen LogP) is 4.12. The van der Waals surface area contributed by atoms with Crippen molar-refractivity contribution in [3.05, 3.63) is 70.2 Å². The first-order valence-electron chi connectivity index (χ1n) is 8.69. The van der Waals surface area contributed by atoms with Crippen LogP contribution in [0, 0.1) is 0 Å². The van der Waals surface area contributed by atoms with Gasteiger partial charge in [-0.2, -0.15) is 0 Å². The van der Waals surface area contributed by atoms with Gasteiger partial charge >= 0.3 is 11.7 Å². The van der Waals surface area contributed by atoms with Crippen LogP contribution in [0.15, 0.2) is 62.9 Å². The maximum Gasteiger partial charge on any atom is 0.420 e. The van der Waals surface area contributed by atoms with Gasteiger partial charge < -0.3 is 9.25 Å². The summed E-state index contributed by atoms with van der Waals surface area (Å²) in [4.78, 5) is 29.2. The SMILES string of the molecule is C/C(Cn1c(=O)oc2ccccc21)=N\OC(=O)c1ccc(C(C)(C)C)cc1. The minimum Gasteiger partial charge on any atom is -0.408 e. The summed E-state index contributed by atoms with van der Waals surface area (Å²) in [6.45, 7) is 8.18. The molecule has 1 heterocycles. The van der Waals surface area contributed by atoms with Gasteiger partial charge in [-0.15, -0.1) is 0 Å². The van der Waals surface area contributed by atoms with Crippen LogP contribution in [-0.2, 0) is 16.8 Å². The number of carbonyl (C=O) groups excluding carboxylic acids is 1. The Hall–Kier alpha value is -3.15. The lowest BCUT2D eigenvalue weighted by Gasteiger charge is -2.18. The van der Waals surface area contributed by atoms with Crippen LogP contribution in [0.1, 0.15) is 43.6 Å². The van der Waals surface area contributed by atoms with Crippen molar-refractivity contribution in [3.8, 4) is 0 Å². The monoisotopic (exact) mass is 366 g/mol. The molecule has 0 bridgehead atoms. The van der Waals surface area contributed by atoms with Crippen molar-refractivity contribution in [1.29, 1.82) is 0 Å². The molecule has 0 N–H and O–H groups in total. The second-order valence-corrected chi connectivity index (χ2v) is 7.45. The number of oxime groups is 1. The number of fused-ring (bicyclic) bond motifs is 1. The van der Waals surface area contributed by atoms with Crippen LogP contribution in [0.25, 0.3) is 11.1 Å². The quantitative estimate of drug-likeness (QED) is 0.395. The molecular weight excluding hydrogens is 344 g/mol. The highest BCUT2D eigenvalue weighted by Gasteiger charge is 2.15. The molecule has 2 aromatic carbocycles. The van der Waals surface area contributed by atoms with Crippen LogP contribution in [-0.4, -0.2) is 16.2 Å². The van der Waals surface area contributed by atoms with Gasteiger partial charge in [0.2, 0.25) is 0 Å². The van der Waals surface area contributed by atoms with E-state index < -0.39 is 11.7 Å². The summed E-state index contributed by atoms with van der Waals surface area (Å²) < 4.78 is 6.62. The summed E-state index contributed by atoms with van der Waals surface area (Å²) in [7, 11) is 0. The van der Waals surface area contributed by atoms with Gasteiger partial charge in [0.25, 0.3) is 0 Å². The first-order valence-corrected chi connectivity index (χ1v) is 8.69. The summed E-state index contributed by atoms with van der Waals surface area (Å²) in [6, 6.07) is 14.4. The Kier molecular flexibility index (Phi) is 4.99. The predicted molar refractivity (Wildman–Crippen MR) is 104 cm³/mol. The van der Waals surface area contributed by atoms with Gasteiger partial charge in [-0.25, -0.2) is 9.59 Å². The Morgan fingerprint density at radius 3 is 2.44 bits per heavy atom. The number of rotatable bonds is 4. The number of oxazole rings is 1. The molecule has 3 aromatic rings. The largest absolute Gasteiger partial charge is 0.420 e. The second kappa shape index (κ2) is 7.23. The van der Waals surface area contributed by atoms with Crippen molar-refractivity contribution < 1.29 is 14.0 Å². The third-order valence-corrected chi connectivity index (χ3v) is 4.23. The summed E-state index contributed by atoms with van der Waals surface area (Å²) in [5.41, 5.74) is 3.21. The molecule has 0 radical (unpaired) electrons. The van der Waals surface area contributed by atoms with E-state index in [0.717, 1.165) is 5.56 Å². The van der Waals surface area contributed by atoms with Crippen LogP contribution >= 0.6 is 0 Å². The lowest BCUT2D eigenvalue weighted by Crippen LogP contribution is -2.19. The topological polar surface area (TPSA) is 73.8 Å². The van der Waals surface area contributed by atoms with Crippen LogP contribution in [0.3, 0.4) is 0 Å². The number of benzene rings is 2. The Morgan fingerprint density at radius 1 is 1.11 bits per heavy atom. The molecule has 6 heteroatoms. The van der Waals surface area contributed by atoms with Crippen LogP contribution in [0.2, 0.25) is 0 Å². The summed E-state index contributed by atoms with van der Waals surface area (Å²) in [5, 5.41) is 3.86. The molecule has 0 saturated heterocycles. The molecule has 0 amide bonds. The molecule has 0 unspecified atom stereocenters. The molecule has 0 aliphatic heterocycles. The molecule has 0 saturated carbocycles. The van der Waals surface area contributed by atoms with Crippen LogP contribution < -0.4 is 5.76 Å². The minimum absolute atomic E-state index is 0.0117. The summed E-state index contributed by atoms with van der Waals surface area (Å²) >= 11 is 0. The van der Waals surface area contributed by atoms with E-state index in [2.05, 4.69) is 25.9 Å². The lowest BCUT2D eigenvalue weighted by atomic mass is 9.87. The Labute approximate surface area is 157 Å². The highest BCUT2D eigenvalue weighted by molar-refractivity contribution is 5.90. The molecule has 6 nitrogen and oxygen atoms in total. The first kappa shape index (κ1) is 18.6. The average molecular weight is 366 g/mol. The fourth-order valence-electron chi connectivity index (χ4n) is 2.70. The van der Waals surface area contributed by atoms with Crippen molar-refractivity contribution in [2.75, 3.05) is 0 Å². The van der Waals surface area contributed by atoms with Crippen LogP contribution in [0.5, 0.6) is 0 Å². The maximum absolute atomic E-state index is 12.2. The summed E-state index contributed by atoms with van der Waals surface area (Å²) in [6.07, 6.45) is 0. The third kappa shape index (κ3) is 4.16. The Morgan fingerprint density at radius 2 is 1.78 bits per heavy atom. The van der Waals surface area contributed by atoms with Crippen LogP contribution in [0.4, 0.5) is 0 Å². The van der Waals surface area contributed by atoms with Gasteiger partial charge in [-0.3, -0.25) is 4.57 Å². The molecule has 27 heavy (non-hydrogen) atoms. The van der Waals surface area contributed by atoms with Crippen molar-refractivity contribution in [3.63, 3.8) is 0 Å². The van der Waals surface area contributed by atoms with Gasteiger partial charge in [0.05, 0.1) is 23.3 Å². The third-order valence-electron chi connectivity index (χ3n) is 4.23. The molecule has 140 valence electrons. The molecule has 3 rings (SSSR count). The van der Waals surface area contributed by atoms with Crippen molar-refractivity contribution in [1.82, 2.24) is 4.57 Å². The zero-order valence-electron chi connectivity index (χ0n) is 15.9. The Balaban J connectivity index is 1.71. The standard InChI is InChI=1S/C21H22N2O4/c1-14(13-23-17-7-5-6-8-18(17)26-20(23)25)22-27-19(24)15-9-11-16(12-10-15)21(2,3)4/h5-12H,13H2,1-4H3/b22-14+. The van der Waals surface area contributed by atoms with E-state index in [1.807, 2.05) is 18.2 Å². The highest BCUT2D eigenvalue weighted by Crippen LogP contribution is 2.22. The fraction of sp³-hybridized carbons (Fsp3) is 0.286. The minimum atomic E-state index is -0.542. The number of nitrogens with zero attached hydrogens (tertiary/aromatic N) is 2. The average Bonchev–Trinajstić information content (AvgIpc) is 2.94.